The molecule has 0 aliphatic heterocycles. The van der Waals surface area contributed by atoms with Crippen LogP contribution in [0, 0.1) is 17.0 Å². The minimum atomic E-state index is -0.622. The molecule has 0 aliphatic carbocycles. The molecule has 108 valence electrons. The average Bonchev–Trinajstić information content (AvgIpc) is 2.46. The van der Waals surface area contributed by atoms with Crippen LogP contribution in [0.2, 0.25) is 5.02 Å². The van der Waals surface area contributed by atoms with Crippen molar-refractivity contribution >= 4 is 23.2 Å². The normalized spacial score (nSPS) is 10.2. The van der Waals surface area contributed by atoms with Gasteiger partial charge in [-0.15, -0.1) is 0 Å². The van der Waals surface area contributed by atoms with Crippen molar-refractivity contribution in [3.63, 3.8) is 0 Å². The van der Waals surface area contributed by atoms with Crippen molar-refractivity contribution in [2.24, 2.45) is 0 Å². The predicted molar refractivity (Wildman–Crippen MR) is 78.3 cm³/mol. The number of rotatable bonds is 4. The Morgan fingerprint density at radius 2 is 2.14 bits per heavy atom. The summed E-state index contributed by atoms with van der Waals surface area (Å²) in [5.74, 6) is -0.407. The van der Waals surface area contributed by atoms with Crippen molar-refractivity contribution < 1.29 is 9.72 Å². The minimum absolute atomic E-state index is 0.000662. The minimum Gasteiger partial charge on any atom is -0.348 e. The number of aryl methyl sites for hydroxylation is 1. The Morgan fingerprint density at radius 3 is 2.76 bits per heavy atom. The zero-order chi connectivity index (χ0) is 15.4. The molecule has 7 heteroatoms. The lowest BCUT2D eigenvalue weighted by molar-refractivity contribution is -0.384. The van der Waals surface area contributed by atoms with Gasteiger partial charge >= 0.3 is 0 Å². The second-order valence-electron chi connectivity index (χ2n) is 4.41. The number of nitrogens with one attached hydrogen (secondary N) is 1. The summed E-state index contributed by atoms with van der Waals surface area (Å²) in [5, 5.41) is 13.5. The van der Waals surface area contributed by atoms with E-state index in [9.17, 15) is 14.9 Å². The number of amides is 1. The van der Waals surface area contributed by atoms with Gasteiger partial charge < -0.3 is 5.32 Å². The Balaban J connectivity index is 2.08. The molecule has 0 aliphatic rings. The zero-order valence-corrected chi connectivity index (χ0v) is 11.9. The van der Waals surface area contributed by atoms with E-state index in [4.69, 9.17) is 11.6 Å². The van der Waals surface area contributed by atoms with Crippen LogP contribution in [-0.2, 0) is 6.54 Å². The van der Waals surface area contributed by atoms with E-state index in [1.807, 2.05) is 19.1 Å². The largest absolute Gasteiger partial charge is 0.348 e. The maximum atomic E-state index is 12.0. The number of nitrogens with zero attached hydrogens (tertiary/aromatic N) is 2. The molecule has 0 saturated carbocycles. The molecule has 0 spiro atoms. The predicted octanol–water partition coefficient (Wildman–Crippen LogP) is 2.88. The van der Waals surface area contributed by atoms with Gasteiger partial charge in [0.1, 0.15) is 5.02 Å². The summed E-state index contributed by atoms with van der Waals surface area (Å²) in [6, 6.07) is 7.63. The lowest BCUT2D eigenvalue weighted by Crippen LogP contribution is -2.22. The maximum Gasteiger partial charge on any atom is 0.288 e. The second-order valence-corrected chi connectivity index (χ2v) is 4.82. The van der Waals surface area contributed by atoms with Gasteiger partial charge in [0, 0.05) is 30.1 Å². The SMILES string of the molecule is Cc1ccc(CNC(=O)c2ccc(Cl)c([N+](=O)[O-])c2)cn1. The Kier molecular flexibility index (Phi) is 4.49. The summed E-state index contributed by atoms with van der Waals surface area (Å²) in [7, 11) is 0. The van der Waals surface area contributed by atoms with Gasteiger partial charge in [-0.2, -0.15) is 0 Å². The van der Waals surface area contributed by atoms with E-state index < -0.39 is 10.8 Å². The Labute approximate surface area is 125 Å². The number of pyridine rings is 1. The first kappa shape index (κ1) is 14.9. The summed E-state index contributed by atoms with van der Waals surface area (Å²) >= 11 is 5.70. The second kappa shape index (κ2) is 6.32. The molecule has 6 nitrogen and oxygen atoms in total. The lowest BCUT2D eigenvalue weighted by atomic mass is 10.2. The fourth-order valence-electron chi connectivity index (χ4n) is 1.68. The molecule has 0 bridgehead atoms. The summed E-state index contributed by atoms with van der Waals surface area (Å²) in [4.78, 5) is 26.3. The van der Waals surface area contributed by atoms with Crippen LogP contribution in [0.1, 0.15) is 21.6 Å². The van der Waals surface area contributed by atoms with Gasteiger partial charge in [-0.1, -0.05) is 17.7 Å². The molecular formula is C14H12ClN3O3. The number of hydrogen-bond acceptors (Lipinski definition) is 4. The highest BCUT2D eigenvalue weighted by Gasteiger charge is 2.16. The summed E-state index contributed by atoms with van der Waals surface area (Å²) < 4.78 is 0. The van der Waals surface area contributed by atoms with Crippen LogP contribution < -0.4 is 5.32 Å². The molecule has 1 amide bonds. The van der Waals surface area contributed by atoms with Crippen LogP contribution in [0.5, 0.6) is 0 Å². The molecule has 21 heavy (non-hydrogen) atoms. The van der Waals surface area contributed by atoms with Crippen LogP contribution in [-0.4, -0.2) is 15.8 Å². The molecule has 0 atom stereocenters. The number of benzene rings is 1. The quantitative estimate of drug-likeness (QED) is 0.695. The fourth-order valence-corrected chi connectivity index (χ4v) is 1.87. The molecular weight excluding hydrogens is 294 g/mol. The number of hydrogen-bond donors (Lipinski definition) is 1. The lowest BCUT2D eigenvalue weighted by Gasteiger charge is -2.06. The van der Waals surface area contributed by atoms with Crippen molar-refractivity contribution in [2.75, 3.05) is 0 Å². The molecule has 0 fully saturated rings. The van der Waals surface area contributed by atoms with Crippen LogP contribution >= 0.6 is 11.6 Å². The third-order valence-electron chi connectivity index (χ3n) is 2.83. The topological polar surface area (TPSA) is 85.1 Å². The molecule has 0 unspecified atom stereocenters. The average molecular weight is 306 g/mol. The van der Waals surface area contributed by atoms with E-state index >= 15 is 0 Å². The van der Waals surface area contributed by atoms with Crippen molar-refractivity contribution in [2.45, 2.75) is 13.5 Å². The van der Waals surface area contributed by atoms with E-state index in [0.29, 0.717) is 6.54 Å². The van der Waals surface area contributed by atoms with Gasteiger partial charge in [0.25, 0.3) is 11.6 Å². The van der Waals surface area contributed by atoms with Crippen molar-refractivity contribution in [3.8, 4) is 0 Å². The van der Waals surface area contributed by atoms with Crippen LogP contribution in [0.4, 0.5) is 5.69 Å². The van der Waals surface area contributed by atoms with Crippen LogP contribution in [0.25, 0.3) is 0 Å². The first-order chi connectivity index (χ1) is 9.97. The highest BCUT2D eigenvalue weighted by molar-refractivity contribution is 6.32. The Hall–Kier alpha value is -2.47. The molecule has 1 aromatic carbocycles. The van der Waals surface area contributed by atoms with Gasteiger partial charge in [-0.05, 0) is 30.7 Å². The van der Waals surface area contributed by atoms with Crippen LogP contribution in [0.15, 0.2) is 36.5 Å². The van der Waals surface area contributed by atoms with E-state index in [1.165, 1.54) is 12.1 Å². The van der Waals surface area contributed by atoms with Crippen molar-refractivity contribution in [1.29, 1.82) is 0 Å². The summed E-state index contributed by atoms with van der Waals surface area (Å²) in [6.07, 6.45) is 1.67. The molecule has 1 aromatic heterocycles. The highest BCUT2D eigenvalue weighted by atomic mass is 35.5. The smallest absolute Gasteiger partial charge is 0.288 e. The van der Waals surface area contributed by atoms with Gasteiger partial charge in [0.2, 0.25) is 0 Å². The maximum absolute atomic E-state index is 12.0. The Bertz CT molecular complexity index is 686. The fraction of sp³-hybridized carbons (Fsp3) is 0.143. The number of nitro groups is 1. The molecule has 0 saturated heterocycles. The zero-order valence-electron chi connectivity index (χ0n) is 11.2. The van der Waals surface area contributed by atoms with E-state index in [2.05, 4.69) is 10.3 Å². The third-order valence-corrected chi connectivity index (χ3v) is 3.15. The molecule has 1 N–H and O–H groups in total. The first-order valence-corrected chi connectivity index (χ1v) is 6.49. The van der Waals surface area contributed by atoms with E-state index in [0.717, 1.165) is 17.3 Å². The highest BCUT2D eigenvalue weighted by Crippen LogP contribution is 2.24. The molecule has 0 radical (unpaired) electrons. The van der Waals surface area contributed by atoms with E-state index in [-0.39, 0.29) is 16.3 Å². The first-order valence-electron chi connectivity index (χ1n) is 6.11. The van der Waals surface area contributed by atoms with Gasteiger partial charge in [-0.25, -0.2) is 0 Å². The summed E-state index contributed by atoms with van der Waals surface area (Å²) in [5.41, 5.74) is 1.63. The number of carbonyl (C=O) groups is 1. The van der Waals surface area contributed by atoms with Gasteiger partial charge in [-0.3, -0.25) is 19.9 Å². The molecule has 2 rings (SSSR count). The van der Waals surface area contributed by atoms with Crippen molar-refractivity contribution in [3.05, 3.63) is 68.5 Å². The monoisotopic (exact) mass is 305 g/mol. The number of halogens is 1. The van der Waals surface area contributed by atoms with Crippen LogP contribution in [0.3, 0.4) is 0 Å². The number of nitro benzene ring substituents is 1. The van der Waals surface area contributed by atoms with Crippen molar-refractivity contribution in [1.82, 2.24) is 10.3 Å². The number of aromatic nitrogens is 1. The standard InChI is InChI=1S/C14H12ClN3O3/c1-9-2-3-10(7-16-9)8-17-14(19)11-4-5-12(15)13(6-11)18(20)21/h2-7H,8H2,1H3,(H,17,19). The van der Waals surface area contributed by atoms with Gasteiger partial charge in [0.05, 0.1) is 4.92 Å². The molecule has 1 heterocycles. The summed E-state index contributed by atoms with van der Waals surface area (Å²) in [6.45, 7) is 2.16. The molecule has 2 aromatic rings. The number of carbonyl (C=O) groups excluding carboxylic acids is 1. The third kappa shape index (κ3) is 3.76. The van der Waals surface area contributed by atoms with E-state index in [1.54, 1.807) is 6.20 Å². The Morgan fingerprint density at radius 1 is 1.38 bits per heavy atom. The van der Waals surface area contributed by atoms with Gasteiger partial charge in [0.15, 0.2) is 0 Å².